The second-order valence-corrected chi connectivity index (χ2v) is 6.17. The molecule has 0 spiro atoms. The molecule has 1 N–H and O–H groups in total. The lowest BCUT2D eigenvalue weighted by molar-refractivity contribution is 0.324. The Morgan fingerprint density at radius 3 is 2.74 bits per heavy atom. The lowest BCUT2D eigenvalue weighted by Gasteiger charge is -2.14. The molecule has 0 atom stereocenters. The summed E-state index contributed by atoms with van der Waals surface area (Å²) in [5, 5.41) is 4.15. The molecule has 0 unspecified atom stereocenters. The molecule has 2 aromatic carbocycles. The first-order valence-electron chi connectivity index (χ1n) is 7.20. The van der Waals surface area contributed by atoms with Crippen LogP contribution in [0.25, 0.3) is 0 Å². The van der Waals surface area contributed by atoms with Gasteiger partial charge in [-0.1, -0.05) is 42.5 Å². The Kier molecular flexibility index (Phi) is 6.96. The minimum Gasteiger partial charge on any atom is -0.493 e. The van der Waals surface area contributed by atoms with E-state index in [9.17, 15) is 0 Å². The molecule has 0 bridgehead atoms. The van der Waals surface area contributed by atoms with Gasteiger partial charge in [0, 0.05) is 18.1 Å². The molecule has 0 aromatic heterocycles. The SMILES string of the molecule is C=CCOc1c(Br)cc(CNCc2ccccc2Cl)cc1OC. The van der Waals surface area contributed by atoms with Crippen LogP contribution in [0.4, 0.5) is 0 Å². The van der Waals surface area contributed by atoms with Gasteiger partial charge in [0.05, 0.1) is 11.6 Å². The molecule has 0 aliphatic rings. The summed E-state index contributed by atoms with van der Waals surface area (Å²) in [6, 6.07) is 11.8. The maximum atomic E-state index is 6.16. The van der Waals surface area contributed by atoms with Crippen molar-refractivity contribution in [3.63, 3.8) is 0 Å². The zero-order valence-electron chi connectivity index (χ0n) is 12.9. The van der Waals surface area contributed by atoms with E-state index < -0.39 is 0 Å². The predicted octanol–water partition coefficient (Wildman–Crippen LogP) is 4.97. The van der Waals surface area contributed by atoms with Crippen molar-refractivity contribution in [3.05, 3.63) is 69.7 Å². The largest absolute Gasteiger partial charge is 0.493 e. The van der Waals surface area contributed by atoms with E-state index in [2.05, 4.69) is 27.8 Å². The van der Waals surface area contributed by atoms with Crippen molar-refractivity contribution in [2.24, 2.45) is 0 Å². The van der Waals surface area contributed by atoms with E-state index in [0.29, 0.717) is 31.2 Å². The van der Waals surface area contributed by atoms with Gasteiger partial charge in [0.15, 0.2) is 11.5 Å². The molecule has 2 rings (SSSR count). The highest BCUT2D eigenvalue weighted by Gasteiger charge is 2.11. The molecule has 0 radical (unpaired) electrons. The van der Waals surface area contributed by atoms with Crippen molar-refractivity contribution in [2.75, 3.05) is 13.7 Å². The summed E-state index contributed by atoms with van der Waals surface area (Å²) in [6.07, 6.45) is 1.70. The Balaban J connectivity index is 2.04. The molecular formula is C18H19BrClNO2. The molecule has 0 amide bonds. The molecule has 0 saturated heterocycles. The van der Waals surface area contributed by atoms with Gasteiger partial charge >= 0.3 is 0 Å². The van der Waals surface area contributed by atoms with E-state index in [1.807, 2.05) is 36.4 Å². The number of ether oxygens (including phenoxy) is 2. The minimum absolute atomic E-state index is 0.430. The van der Waals surface area contributed by atoms with Gasteiger partial charge in [0.25, 0.3) is 0 Å². The number of methoxy groups -OCH3 is 1. The van der Waals surface area contributed by atoms with Crippen LogP contribution >= 0.6 is 27.5 Å². The van der Waals surface area contributed by atoms with Crippen molar-refractivity contribution in [1.29, 1.82) is 0 Å². The Morgan fingerprint density at radius 1 is 1.26 bits per heavy atom. The van der Waals surface area contributed by atoms with Crippen molar-refractivity contribution >= 4 is 27.5 Å². The Morgan fingerprint density at radius 2 is 2.04 bits per heavy atom. The van der Waals surface area contributed by atoms with E-state index in [1.54, 1.807) is 13.2 Å². The summed E-state index contributed by atoms with van der Waals surface area (Å²) in [6.45, 7) is 5.48. The predicted molar refractivity (Wildman–Crippen MR) is 98.4 cm³/mol. The maximum absolute atomic E-state index is 6.16. The quantitative estimate of drug-likeness (QED) is 0.639. The fourth-order valence-corrected chi connectivity index (χ4v) is 2.95. The van der Waals surface area contributed by atoms with Crippen LogP contribution in [0, 0.1) is 0 Å². The van der Waals surface area contributed by atoms with Crippen LogP contribution in [0.5, 0.6) is 11.5 Å². The van der Waals surface area contributed by atoms with Crippen LogP contribution in [0.2, 0.25) is 5.02 Å². The van der Waals surface area contributed by atoms with Gasteiger partial charge in [-0.2, -0.15) is 0 Å². The molecule has 122 valence electrons. The van der Waals surface area contributed by atoms with E-state index in [0.717, 1.165) is 20.6 Å². The van der Waals surface area contributed by atoms with Crippen molar-refractivity contribution in [3.8, 4) is 11.5 Å². The molecule has 23 heavy (non-hydrogen) atoms. The van der Waals surface area contributed by atoms with E-state index in [1.165, 1.54) is 0 Å². The van der Waals surface area contributed by atoms with Crippen molar-refractivity contribution < 1.29 is 9.47 Å². The van der Waals surface area contributed by atoms with E-state index in [-0.39, 0.29) is 0 Å². The highest BCUT2D eigenvalue weighted by Crippen LogP contribution is 2.36. The average molecular weight is 397 g/mol. The number of rotatable bonds is 8. The van der Waals surface area contributed by atoms with Gasteiger partial charge in [0.1, 0.15) is 6.61 Å². The van der Waals surface area contributed by atoms with Crippen LogP contribution in [-0.2, 0) is 13.1 Å². The summed E-state index contributed by atoms with van der Waals surface area (Å²) >= 11 is 9.69. The topological polar surface area (TPSA) is 30.5 Å². The van der Waals surface area contributed by atoms with Gasteiger partial charge in [0.2, 0.25) is 0 Å². The highest BCUT2D eigenvalue weighted by molar-refractivity contribution is 9.10. The third-order valence-corrected chi connectivity index (χ3v) is 4.19. The van der Waals surface area contributed by atoms with Crippen LogP contribution in [0.1, 0.15) is 11.1 Å². The summed E-state index contributed by atoms with van der Waals surface area (Å²) in [5.41, 5.74) is 2.16. The Hall–Kier alpha value is -1.49. The number of halogens is 2. The van der Waals surface area contributed by atoms with Gasteiger partial charge in [-0.15, -0.1) is 0 Å². The van der Waals surface area contributed by atoms with Gasteiger partial charge in [-0.25, -0.2) is 0 Å². The number of hydrogen-bond acceptors (Lipinski definition) is 3. The van der Waals surface area contributed by atoms with Gasteiger partial charge < -0.3 is 14.8 Å². The molecule has 0 fully saturated rings. The normalized spacial score (nSPS) is 10.4. The summed E-state index contributed by atoms with van der Waals surface area (Å²) in [7, 11) is 1.63. The Labute approximate surface area is 150 Å². The second kappa shape index (κ2) is 8.96. The summed E-state index contributed by atoms with van der Waals surface area (Å²) in [4.78, 5) is 0. The van der Waals surface area contributed by atoms with Crippen LogP contribution in [0.3, 0.4) is 0 Å². The third kappa shape index (κ3) is 4.99. The van der Waals surface area contributed by atoms with Crippen LogP contribution < -0.4 is 14.8 Å². The number of hydrogen-bond donors (Lipinski definition) is 1. The molecule has 0 saturated carbocycles. The van der Waals surface area contributed by atoms with E-state index in [4.69, 9.17) is 21.1 Å². The maximum Gasteiger partial charge on any atom is 0.175 e. The summed E-state index contributed by atoms with van der Waals surface area (Å²) in [5.74, 6) is 1.37. The first-order chi connectivity index (χ1) is 11.2. The lowest BCUT2D eigenvalue weighted by atomic mass is 10.2. The first-order valence-corrected chi connectivity index (χ1v) is 8.37. The average Bonchev–Trinajstić information content (AvgIpc) is 2.55. The molecule has 0 aliphatic heterocycles. The molecular weight excluding hydrogens is 378 g/mol. The molecule has 3 nitrogen and oxygen atoms in total. The third-order valence-electron chi connectivity index (χ3n) is 3.24. The van der Waals surface area contributed by atoms with Crippen LogP contribution in [-0.4, -0.2) is 13.7 Å². The van der Waals surface area contributed by atoms with Crippen LogP contribution in [0.15, 0.2) is 53.5 Å². The molecule has 0 heterocycles. The molecule has 2 aromatic rings. The monoisotopic (exact) mass is 395 g/mol. The zero-order chi connectivity index (χ0) is 16.7. The number of nitrogens with one attached hydrogen (secondary N) is 1. The standard InChI is InChI=1S/C18H19BrClNO2/c1-3-8-23-18-15(19)9-13(10-17(18)22-2)11-21-12-14-6-4-5-7-16(14)20/h3-7,9-10,21H,1,8,11-12H2,2H3. The fourth-order valence-electron chi connectivity index (χ4n) is 2.14. The fraction of sp³-hybridized carbons (Fsp3) is 0.222. The number of benzene rings is 2. The lowest BCUT2D eigenvalue weighted by Crippen LogP contribution is -2.13. The smallest absolute Gasteiger partial charge is 0.175 e. The van der Waals surface area contributed by atoms with E-state index >= 15 is 0 Å². The highest BCUT2D eigenvalue weighted by atomic mass is 79.9. The minimum atomic E-state index is 0.430. The van der Waals surface area contributed by atoms with Crippen molar-refractivity contribution in [2.45, 2.75) is 13.1 Å². The molecule has 0 aliphatic carbocycles. The second-order valence-electron chi connectivity index (χ2n) is 4.90. The summed E-state index contributed by atoms with van der Waals surface area (Å²) < 4.78 is 11.9. The first kappa shape index (κ1) is 17.9. The van der Waals surface area contributed by atoms with Gasteiger partial charge in [-0.05, 0) is 45.3 Å². The van der Waals surface area contributed by atoms with Crippen molar-refractivity contribution in [1.82, 2.24) is 5.32 Å². The zero-order valence-corrected chi connectivity index (χ0v) is 15.3. The Bertz CT molecular complexity index is 676. The van der Waals surface area contributed by atoms with Gasteiger partial charge in [-0.3, -0.25) is 0 Å². The molecule has 5 heteroatoms.